The van der Waals surface area contributed by atoms with Gasteiger partial charge >= 0.3 is 12.1 Å². The Hall–Kier alpha value is -5.71. The van der Waals surface area contributed by atoms with Gasteiger partial charge in [-0.2, -0.15) is 18.4 Å². The Morgan fingerprint density at radius 2 is 1.71 bits per heavy atom. The fraction of sp³-hybridized carbons (Fsp3) is 0.143. The van der Waals surface area contributed by atoms with Gasteiger partial charge in [0.1, 0.15) is 0 Å². The highest BCUT2D eigenvalue weighted by atomic mass is 19.4. The van der Waals surface area contributed by atoms with Crippen molar-refractivity contribution >= 4 is 51.7 Å². The molecule has 3 aromatic carbocycles. The van der Waals surface area contributed by atoms with E-state index in [2.05, 4.69) is 21.1 Å². The van der Waals surface area contributed by atoms with Crippen LogP contribution in [0.25, 0.3) is 22.1 Å². The molecule has 0 unspecified atom stereocenters. The normalized spacial score (nSPS) is 11.0. The summed E-state index contributed by atoms with van der Waals surface area (Å²) in [5, 5.41) is 29.4. The number of halogens is 3. The Balaban J connectivity index is 1.88. The molecule has 0 fully saturated rings. The zero-order valence-corrected chi connectivity index (χ0v) is 21.8. The third-order valence-corrected chi connectivity index (χ3v) is 5.98. The summed E-state index contributed by atoms with van der Waals surface area (Å²) in [7, 11) is 0. The van der Waals surface area contributed by atoms with E-state index in [1.165, 1.54) is 30.3 Å². The number of carboxylic acids is 1. The molecule has 11 nitrogen and oxygen atoms in total. The number of anilines is 3. The molecule has 0 spiro atoms. The predicted molar refractivity (Wildman–Crippen MR) is 144 cm³/mol. The molecule has 42 heavy (non-hydrogen) atoms. The lowest BCUT2D eigenvalue weighted by molar-refractivity contribution is -0.137. The number of alkyl halides is 3. The highest BCUT2D eigenvalue weighted by Gasteiger charge is 2.35. The monoisotopic (exact) mass is 579 g/mol. The highest BCUT2D eigenvalue weighted by Crippen LogP contribution is 2.43. The van der Waals surface area contributed by atoms with Crippen LogP contribution in [0.3, 0.4) is 0 Å². The Morgan fingerprint density at radius 3 is 2.33 bits per heavy atom. The van der Waals surface area contributed by atoms with Gasteiger partial charge in [0.05, 0.1) is 39.5 Å². The molecule has 14 heteroatoms. The summed E-state index contributed by atoms with van der Waals surface area (Å²) in [5.74, 6) is -3.47. The van der Waals surface area contributed by atoms with E-state index in [-0.39, 0.29) is 62.4 Å². The maximum Gasteiger partial charge on any atom is 0.417 e. The highest BCUT2D eigenvalue weighted by molar-refractivity contribution is 6.14. The smallest absolute Gasteiger partial charge is 0.417 e. The van der Waals surface area contributed by atoms with Crippen LogP contribution in [0.4, 0.5) is 30.2 Å². The Labute approximate surface area is 234 Å². The third-order valence-electron chi connectivity index (χ3n) is 5.98. The van der Waals surface area contributed by atoms with E-state index in [9.17, 15) is 37.5 Å². The quantitative estimate of drug-likeness (QED) is 0.217. The number of hydrogen-bond donors (Lipinski definition) is 4. The maximum atomic E-state index is 14.2. The number of nitrogens with one attached hydrogen (secondary N) is 3. The number of hydrogen-bond acceptors (Lipinski definition) is 7. The third kappa shape index (κ3) is 6.04. The first-order valence-electron chi connectivity index (χ1n) is 12.1. The van der Waals surface area contributed by atoms with E-state index < -0.39 is 35.4 Å². The molecule has 0 atom stereocenters. The number of nitrogens with zero attached hydrogens (tertiary/aromatic N) is 2. The molecule has 1 aromatic heterocycles. The molecule has 1 heterocycles. The van der Waals surface area contributed by atoms with Crippen LogP contribution < -0.4 is 16.0 Å². The molecule has 0 aliphatic heterocycles. The van der Waals surface area contributed by atoms with Crippen LogP contribution in [0.2, 0.25) is 0 Å². The summed E-state index contributed by atoms with van der Waals surface area (Å²) < 4.78 is 47.9. The summed E-state index contributed by atoms with van der Waals surface area (Å²) in [4.78, 5) is 48.5. The van der Waals surface area contributed by atoms with Gasteiger partial charge in [0, 0.05) is 30.7 Å². The number of carbonyl (C=O) groups is 4. The lowest BCUT2D eigenvalue weighted by Gasteiger charge is -2.18. The number of amides is 3. The summed E-state index contributed by atoms with van der Waals surface area (Å²) in [6, 6.07) is 10.8. The lowest BCUT2D eigenvalue weighted by atomic mass is 9.95. The Kier molecular flexibility index (Phi) is 7.96. The summed E-state index contributed by atoms with van der Waals surface area (Å²) >= 11 is 0. The minimum atomic E-state index is -4.89. The zero-order chi connectivity index (χ0) is 30.8. The average molecular weight is 579 g/mol. The van der Waals surface area contributed by atoms with Crippen molar-refractivity contribution in [2.75, 3.05) is 16.0 Å². The second-order valence-electron chi connectivity index (χ2n) is 8.90. The van der Waals surface area contributed by atoms with Gasteiger partial charge < -0.3 is 25.6 Å². The zero-order valence-electron chi connectivity index (χ0n) is 21.8. The van der Waals surface area contributed by atoms with E-state index in [1.54, 1.807) is 13.0 Å². The van der Waals surface area contributed by atoms with Crippen molar-refractivity contribution in [1.82, 2.24) is 5.16 Å². The largest absolute Gasteiger partial charge is 0.478 e. The predicted octanol–water partition coefficient (Wildman–Crippen LogP) is 5.64. The number of aromatic carboxylic acids is 1. The summed E-state index contributed by atoms with van der Waals surface area (Å²) in [5.41, 5.74) is -2.76. The number of carbonyl (C=O) groups excluding carboxylic acids is 3. The molecule has 0 bridgehead atoms. The molecule has 0 radical (unpaired) electrons. The van der Waals surface area contributed by atoms with Gasteiger partial charge in [0.2, 0.25) is 11.8 Å². The van der Waals surface area contributed by atoms with Crippen molar-refractivity contribution in [3.8, 4) is 17.2 Å². The fourth-order valence-corrected chi connectivity index (χ4v) is 4.09. The van der Waals surface area contributed by atoms with Crippen molar-refractivity contribution in [1.29, 1.82) is 5.26 Å². The molecular weight excluding hydrogens is 559 g/mol. The van der Waals surface area contributed by atoms with Crippen LogP contribution in [0.5, 0.6) is 0 Å². The molecule has 3 amide bonds. The standard InChI is InChI=1S/C28H20F3N5O6/c1-3-24(38)34-22-11-23-19(10-17(22)16-6-5-15(33-13(2)37)9-20(16)28(29,30)31)25(36-42-23)26(39)35-21-7-4-14(12-32)8-18(21)27(40)41/h4-11H,3H2,1-2H3,(H,33,37)(H,34,38)(H,35,39)(H,40,41). The van der Waals surface area contributed by atoms with Crippen LogP contribution >= 0.6 is 0 Å². The van der Waals surface area contributed by atoms with E-state index in [0.29, 0.717) is 0 Å². The lowest BCUT2D eigenvalue weighted by Crippen LogP contribution is -2.16. The van der Waals surface area contributed by atoms with E-state index in [0.717, 1.165) is 25.1 Å². The van der Waals surface area contributed by atoms with Crippen molar-refractivity contribution in [3.05, 3.63) is 70.9 Å². The van der Waals surface area contributed by atoms with Crippen LogP contribution in [0.15, 0.2) is 53.1 Å². The molecule has 0 aliphatic rings. The average Bonchev–Trinajstić information content (AvgIpc) is 3.34. The van der Waals surface area contributed by atoms with Crippen LogP contribution in [-0.2, 0) is 15.8 Å². The minimum absolute atomic E-state index is 0.00559. The number of carboxylic acid groups (broad SMARTS) is 1. The van der Waals surface area contributed by atoms with Crippen molar-refractivity contribution < 1.29 is 42.0 Å². The van der Waals surface area contributed by atoms with E-state index >= 15 is 0 Å². The first-order chi connectivity index (χ1) is 19.8. The minimum Gasteiger partial charge on any atom is -0.478 e. The second-order valence-corrected chi connectivity index (χ2v) is 8.90. The fourth-order valence-electron chi connectivity index (χ4n) is 4.09. The van der Waals surface area contributed by atoms with E-state index in [4.69, 9.17) is 9.78 Å². The van der Waals surface area contributed by atoms with Crippen LogP contribution in [0.1, 0.15) is 52.2 Å². The van der Waals surface area contributed by atoms with Crippen LogP contribution in [-0.4, -0.2) is 34.0 Å². The summed E-state index contributed by atoms with van der Waals surface area (Å²) in [6.45, 7) is 2.69. The number of rotatable bonds is 7. The Morgan fingerprint density at radius 1 is 0.976 bits per heavy atom. The van der Waals surface area contributed by atoms with Gasteiger partial charge in [-0.1, -0.05) is 18.1 Å². The molecular formula is C28H20F3N5O6. The molecule has 0 saturated heterocycles. The van der Waals surface area contributed by atoms with Gasteiger partial charge in [-0.25, -0.2) is 4.79 Å². The van der Waals surface area contributed by atoms with Crippen LogP contribution in [0, 0.1) is 11.3 Å². The molecule has 4 N–H and O–H groups in total. The van der Waals surface area contributed by atoms with Gasteiger partial charge in [-0.3, -0.25) is 14.4 Å². The first-order valence-corrected chi connectivity index (χ1v) is 12.1. The number of aromatic nitrogens is 1. The van der Waals surface area contributed by atoms with Gasteiger partial charge in [-0.15, -0.1) is 0 Å². The topological polar surface area (TPSA) is 174 Å². The maximum absolute atomic E-state index is 14.2. The van der Waals surface area contributed by atoms with Crippen molar-refractivity contribution in [2.45, 2.75) is 26.4 Å². The SMILES string of the molecule is CCC(=O)Nc1cc2onc(C(=O)Nc3ccc(C#N)cc3C(=O)O)c2cc1-c1ccc(NC(C)=O)cc1C(F)(F)F. The van der Waals surface area contributed by atoms with Gasteiger partial charge in [-0.05, 0) is 42.0 Å². The van der Waals surface area contributed by atoms with E-state index in [1.807, 2.05) is 0 Å². The number of nitriles is 1. The second kappa shape index (κ2) is 11.4. The summed E-state index contributed by atoms with van der Waals surface area (Å²) in [6.07, 6.45) is -4.88. The number of benzene rings is 3. The molecule has 0 aliphatic carbocycles. The molecule has 0 saturated carbocycles. The van der Waals surface area contributed by atoms with Gasteiger partial charge in [0.15, 0.2) is 11.3 Å². The Bertz CT molecular complexity index is 1810. The van der Waals surface area contributed by atoms with Crippen molar-refractivity contribution in [2.24, 2.45) is 0 Å². The molecule has 4 aromatic rings. The molecule has 214 valence electrons. The molecule has 4 rings (SSSR count). The van der Waals surface area contributed by atoms with Crippen molar-refractivity contribution in [3.63, 3.8) is 0 Å². The van der Waals surface area contributed by atoms with Gasteiger partial charge in [0.25, 0.3) is 5.91 Å². The first kappa shape index (κ1) is 29.3. The number of fused-ring (bicyclic) bond motifs is 1.